The van der Waals surface area contributed by atoms with E-state index in [0.29, 0.717) is 61.5 Å². The van der Waals surface area contributed by atoms with Crippen molar-refractivity contribution in [2.75, 3.05) is 20.3 Å². The molecular weight excluding hydrogens is 825 g/mol. The van der Waals surface area contributed by atoms with Gasteiger partial charge in [0.15, 0.2) is 0 Å². The van der Waals surface area contributed by atoms with E-state index < -0.39 is 37.1 Å². The molecule has 316 valence electrons. The Kier molecular flexibility index (Phi) is 14.8. The Balaban J connectivity index is 1.24. The highest BCUT2D eigenvalue weighted by Crippen LogP contribution is 2.37. The van der Waals surface area contributed by atoms with E-state index >= 15 is 0 Å². The van der Waals surface area contributed by atoms with Crippen LogP contribution in [0.1, 0.15) is 45.4 Å². The summed E-state index contributed by atoms with van der Waals surface area (Å²) < 4.78 is 19.8. The van der Waals surface area contributed by atoms with Crippen LogP contribution in [0.4, 0.5) is 0 Å². The van der Waals surface area contributed by atoms with Gasteiger partial charge in [-0.05, 0) is 83.5 Å². The minimum atomic E-state index is -1.20. The van der Waals surface area contributed by atoms with Gasteiger partial charge < -0.3 is 34.6 Å². The van der Waals surface area contributed by atoms with Gasteiger partial charge in [0.25, 0.3) is 0 Å². The van der Waals surface area contributed by atoms with Crippen LogP contribution < -0.4 is 19.5 Å². The Bertz CT molecular complexity index is 2590. The molecule has 0 aliphatic rings. The Morgan fingerprint density at radius 2 is 1.59 bits per heavy atom. The number of aliphatic carboxylic acids is 2. The molecule has 5 N–H and O–H groups in total. The number of aliphatic hydroxyl groups excluding tert-OH is 2. The fourth-order valence-corrected chi connectivity index (χ4v) is 7.38. The number of pyridine rings is 1. The number of aliphatic hydroxyl groups is 2. The van der Waals surface area contributed by atoms with E-state index in [1.54, 1.807) is 42.7 Å². The van der Waals surface area contributed by atoms with Crippen molar-refractivity contribution in [1.29, 1.82) is 5.26 Å². The number of benzene rings is 4. The lowest BCUT2D eigenvalue weighted by atomic mass is 9.94. The van der Waals surface area contributed by atoms with Crippen LogP contribution in [-0.4, -0.2) is 73.5 Å². The maximum absolute atomic E-state index is 11.6. The van der Waals surface area contributed by atoms with Crippen LogP contribution in [-0.2, 0) is 42.3 Å². The number of carboxylic acid groups (broad SMARTS) is 2. The number of nitriles is 1. The summed E-state index contributed by atoms with van der Waals surface area (Å²) in [4.78, 5) is 27.1. The summed E-state index contributed by atoms with van der Waals surface area (Å²) >= 11 is 13.5. The molecule has 0 amide bonds. The predicted octanol–water partition coefficient (Wildman–Crippen LogP) is 6.96. The van der Waals surface area contributed by atoms with E-state index in [4.69, 9.17) is 42.5 Å². The van der Waals surface area contributed by atoms with E-state index in [1.807, 2.05) is 48.0 Å². The number of methoxy groups -OCH3 is 1. The monoisotopic (exact) mass is 867 g/mol. The zero-order chi connectivity index (χ0) is 43.6. The number of aromatic nitrogens is 3. The fraction of sp³-hybridized carbons (Fsp3) is 0.267. The third-order valence-electron chi connectivity index (χ3n) is 10.4. The van der Waals surface area contributed by atoms with E-state index in [0.717, 1.165) is 33.2 Å². The molecule has 0 fully saturated rings. The number of ether oxygens (including phenoxy) is 3. The van der Waals surface area contributed by atoms with Crippen LogP contribution in [0.3, 0.4) is 0 Å². The van der Waals surface area contributed by atoms with E-state index in [-0.39, 0.29) is 32.7 Å². The third kappa shape index (κ3) is 10.6. The SMILES string of the molecule is COc1cc(OCc2cccc(-c3cccc4c3cnn4Cc3cc(OCc4cncc(C#N)c4)c(CN[C@@H](CO)C(=O)O)cc3Cl)c2C)c(Cl)cc1CC[C@@H](CO)C(=O)O. The van der Waals surface area contributed by atoms with E-state index in [9.17, 15) is 35.3 Å². The lowest BCUT2D eigenvalue weighted by Gasteiger charge is -2.18. The van der Waals surface area contributed by atoms with Crippen molar-refractivity contribution < 1.29 is 44.2 Å². The topological polar surface area (TPSA) is 209 Å². The average Bonchev–Trinajstić information content (AvgIpc) is 3.67. The molecule has 0 aliphatic carbocycles. The molecule has 6 aromatic rings. The molecule has 2 aromatic heterocycles. The number of nitrogens with zero attached hydrogens (tertiary/aromatic N) is 4. The molecule has 61 heavy (non-hydrogen) atoms. The third-order valence-corrected chi connectivity index (χ3v) is 11.0. The zero-order valence-electron chi connectivity index (χ0n) is 33.3. The van der Waals surface area contributed by atoms with Crippen molar-refractivity contribution in [3.8, 4) is 34.4 Å². The van der Waals surface area contributed by atoms with Crippen LogP contribution >= 0.6 is 23.2 Å². The van der Waals surface area contributed by atoms with Gasteiger partial charge in [0.1, 0.15) is 42.6 Å². The van der Waals surface area contributed by atoms with Crippen LogP contribution in [0.2, 0.25) is 10.0 Å². The molecule has 4 aromatic carbocycles. The van der Waals surface area contributed by atoms with Crippen molar-refractivity contribution in [3.05, 3.63) is 134 Å². The first kappa shape index (κ1) is 44.3. The van der Waals surface area contributed by atoms with E-state index in [2.05, 4.69) is 16.4 Å². The van der Waals surface area contributed by atoms with E-state index in [1.165, 1.54) is 13.3 Å². The minimum Gasteiger partial charge on any atom is -0.496 e. The molecule has 0 saturated heterocycles. The first-order chi connectivity index (χ1) is 29.4. The Hall–Kier alpha value is -6.21. The maximum atomic E-state index is 11.6. The van der Waals surface area contributed by atoms with Crippen LogP contribution in [0, 0.1) is 24.2 Å². The summed E-state index contributed by atoms with van der Waals surface area (Å²) in [7, 11) is 1.52. The van der Waals surface area contributed by atoms with Gasteiger partial charge >= 0.3 is 11.9 Å². The highest BCUT2D eigenvalue weighted by molar-refractivity contribution is 6.32. The van der Waals surface area contributed by atoms with Crippen molar-refractivity contribution in [1.82, 2.24) is 20.1 Å². The number of nitrogens with one attached hydrogen (secondary N) is 1. The normalized spacial score (nSPS) is 12.1. The highest BCUT2D eigenvalue weighted by Gasteiger charge is 2.21. The van der Waals surface area contributed by atoms with Gasteiger partial charge in [0.2, 0.25) is 0 Å². The van der Waals surface area contributed by atoms with Crippen LogP contribution in [0.5, 0.6) is 17.2 Å². The molecule has 0 radical (unpaired) electrons. The molecule has 0 unspecified atom stereocenters. The van der Waals surface area contributed by atoms with Crippen molar-refractivity contribution in [2.45, 2.75) is 52.1 Å². The number of halogens is 2. The van der Waals surface area contributed by atoms with Gasteiger partial charge in [0.05, 0.1) is 55.1 Å². The summed E-state index contributed by atoms with van der Waals surface area (Å²) in [5.41, 5.74) is 7.69. The maximum Gasteiger partial charge on any atom is 0.323 e. The number of hydrogen-bond donors (Lipinski definition) is 5. The van der Waals surface area contributed by atoms with Gasteiger partial charge in [0, 0.05) is 46.5 Å². The molecule has 6 rings (SSSR count). The largest absolute Gasteiger partial charge is 0.496 e. The van der Waals surface area contributed by atoms with Gasteiger partial charge in [-0.2, -0.15) is 10.4 Å². The predicted molar refractivity (Wildman–Crippen MR) is 228 cm³/mol. The summed E-state index contributed by atoms with van der Waals surface area (Å²) in [6.45, 7) is 1.54. The van der Waals surface area contributed by atoms with Gasteiger partial charge in [-0.1, -0.05) is 53.5 Å². The lowest BCUT2D eigenvalue weighted by Crippen LogP contribution is -2.39. The molecule has 2 heterocycles. The zero-order valence-corrected chi connectivity index (χ0v) is 34.8. The second kappa shape index (κ2) is 20.4. The van der Waals surface area contributed by atoms with Crippen molar-refractivity contribution >= 4 is 46.0 Å². The molecule has 0 aliphatic heterocycles. The molecule has 2 atom stereocenters. The highest BCUT2D eigenvalue weighted by atomic mass is 35.5. The van der Waals surface area contributed by atoms with Crippen molar-refractivity contribution in [2.24, 2.45) is 5.92 Å². The Morgan fingerprint density at radius 1 is 0.836 bits per heavy atom. The van der Waals surface area contributed by atoms with Gasteiger partial charge in [-0.3, -0.25) is 24.6 Å². The second-order valence-electron chi connectivity index (χ2n) is 14.3. The first-order valence-electron chi connectivity index (χ1n) is 19.2. The van der Waals surface area contributed by atoms with Crippen LogP contribution in [0.15, 0.2) is 85.3 Å². The molecule has 0 bridgehead atoms. The lowest BCUT2D eigenvalue weighted by molar-refractivity contribution is -0.143. The molecule has 0 saturated carbocycles. The smallest absolute Gasteiger partial charge is 0.323 e. The Labute approximate surface area is 361 Å². The standard InChI is InChI=1S/C45H43Cl2N5O9/c1-26-31(25-61-43-15-41(59-2)29(12-38(43)47)9-10-30(22-53)44(55)56)5-3-6-34(26)35-7-4-8-40-36(35)20-51-52(40)21-33-14-42(60-24-28-11-27(16-48)17-49-18-28)32(13-37(33)46)19-50-39(23-54)45(57)58/h3-8,11-15,17-18,20,30,39,50,53-54H,9-10,19,21-25H2,1-2H3,(H,55,56)(H,57,58)/t30-,39-/m0/s1. The van der Waals surface area contributed by atoms with Gasteiger partial charge in [-0.25, -0.2) is 0 Å². The fourth-order valence-electron chi connectivity index (χ4n) is 6.89. The Morgan fingerprint density at radius 3 is 2.31 bits per heavy atom. The number of hydrogen-bond acceptors (Lipinski definition) is 11. The summed E-state index contributed by atoms with van der Waals surface area (Å²) in [5.74, 6) is -1.83. The summed E-state index contributed by atoms with van der Waals surface area (Å²) in [6.07, 6.45) is 5.41. The first-order valence-corrected chi connectivity index (χ1v) is 19.9. The summed E-state index contributed by atoms with van der Waals surface area (Å²) in [6, 6.07) is 21.3. The second-order valence-corrected chi connectivity index (χ2v) is 15.1. The summed E-state index contributed by atoms with van der Waals surface area (Å²) in [5, 5.41) is 56.3. The number of aryl methyl sites for hydroxylation is 1. The number of fused-ring (bicyclic) bond motifs is 1. The minimum absolute atomic E-state index is 0.0387. The van der Waals surface area contributed by atoms with Gasteiger partial charge in [-0.15, -0.1) is 0 Å². The molecule has 0 spiro atoms. The van der Waals surface area contributed by atoms with Crippen LogP contribution in [0.25, 0.3) is 22.0 Å². The number of carboxylic acids is 2. The number of carbonyl (C=O) groups is 2. The molecule has 16 heteroatoms. The number of rotatable bonds is 20. The van der Waals surface area contributed by atoms with Crippen molar-refractivity contribution in [3.63, 3.8) is 0 Å². The quantitative estimate of drug-likeness (QED) is 0.0526. The molecule has 14 nitrogen and oxygen atoms in total. The molecular formula is C45H43Cl2N5O9. The average molecular weight is 869 g/mol.